The SMILES string of the molecule is COc1ccc(/C(=N/OCCOC2CCN(C(=O)O)CC2)c2ccccc2)cc1. The van der Waals surface area contributed by atoms with Gasteiger partial charge in [-0.25, -0.2) is 4.79 Å². The predicted octanol–water partition coefficient (Wildman–Crippen LogP) is 3.62. The van der Waals surface area contributed by atoms with Crippen molar-refractivity contribution in [3.8, 4) is 5.75 Å². The summed E-state index contributed by atoms with van der Waals surface area (Å²) in [5.41, 5.74) is 2.63. The maximum absolute atomic E-state index is 10.9. The third kappa shape index (κ3) is 5.96. The number of hydrogen-bond donors (Lipinski definition) is 1. The van der Waals surface area contributed by atoms with Crippen molar-refractivity contribution in [1.29, 1.82) is 0 Å². The Balaban J connectivity index is 1.54. The second-order valence-electron chi connectivity index (χ2n) is 6.71. The number of likely N-dealkylation sites (tertiary alicyclic amines) is 1. The van der Waals surface area contributed by atoms with Gasteiger partial charge in [0, 0.05) is 24.2 Å². The van der Waals surface area contributed by atoms with E-state index in [4.69, 9.17) is 19.4 Å². The normalized spacial score (nSPS) is 15.2. The van der Waals surface area contributed by atoms with Crippen LogP contribution in [-0.2, 0) is 9.57 Å². The Labute approximate surface area is 170 Å². The van der Waals surface area contributed by atoms with Gasteiger partial charge in [-0.15, -0.1) is 0 Å². The summed E-state index contributed by atoms with van der Waals surface area (Å²) in [6, 6.07) is 17.5. The molecule has 1 saturated heterocycles. The Morgan fingerprint density at radius 3 is 2.31 bits per heavy atom. The van der Waals surface area contributed by atoms with Gasteiger partial charge in [-0.1, -0.05) is 35.5 Å². The summed E-state index contributed by atoms with van der Waals surface area (Å²) in [6.45, 7) is 1.75. The second kappa shape index (κ2) is 10.5. The Morgan fingerprint density at radius 1 is 1.03 bits per heavy atom. The first kappa shape index (κ1) is 20.7. The summed E-state index contributed by atoms with van der Waals surface area (Å²) >= 11 is 0. The van der Waals surface area contributed by atoms with E-state index in [1.54, 1.807) is 7.11 Å². The molecule has 0 atom stereocenters. The Kier molecular flexibility index (Phi) is 7.47. The summed E-state index contributed by atoms with van der Waals surface area (Å²) in [7, 11) is 1.63. The van der Waals surface area contributed by atoms with E-state index >= 15 is 0 Å². The first-order valence-corrected chi connectivity index (χ1v) is 9.66. The van der Waals surface area contributed by atoms with Gasteiger partial charge in [0.05, 0.1) is 19.8 Å². The molecule has 1 amide bonds. The van der Waals surface area contributed by atoms with Crippen molar-refractivity contribution in [3.05, 3.63) is 65.7 Å². The Hall–Kier alpha value is -3.06. The van der Waals surface area contributed by atoms with Gasteiger partial charge in [0.15, 0.2) is 0 Å². The molecule has 0 unspecified atom stereocenters. The lowest BCUT2D eigenvalue weighted by molar-refractivity contribution is -0.0192. The van der Waals surface area contributed by atoms with Crippen molar-refractivity contribution >= 4 is 11.8 Å². The minimum Gasteiger partial charge on any atom is -0.497 e. The number of ether oxygens (including phenoxy) is 2. The van der Waals surface area contributed by atoms with Crippen LogP contribution in [0.5, 0.6) is 5.75 Å². The minimum atomic E-state index is -0.868. The predicted molar refractivity (Wildman–Crippen MR) is 110 cm³/mol. The number of rotatable bonds is 8. The molecule has 1 aliphatic rings. The highest BCUT2D eigenvalue weighted by Gasteiger charge is 2.22. The van der Waals surface area contributed by atoms with E-state index in [1.165, 1.54) is 4.90 Å². The van der Waals surface area contributed by atoms with Crippen molar-refractivity contribution < 1.29 is 24.2 Å². The van der Waals surface area contributed by atoms with Crippen LogP contribution < -0.4 is 4.74 Å². The first-order valence-electron chi connectivity index (χ1n) is 9.66. The van der Waals surface area contributed by atoms with Gasteiger partial charge in [-0.2, -0.15) is 0 Å². The van der Waals surface area contributed by atoms with Gasteiger partial charge in [-0.05, 0) is 37.1 Å². The van der Waals surface area contributed by atoms with Crippen LogP contribution in [0.3, 0.4) is 0 Å². The minimum absolute atomic E-state index is 0.0633. The van der Waals surface area contributed by atoms with Gasteiger partial charge < -0.3 is 24.3 Å². The molecule has 154 valence electrons. The summed E-state index contributed by atoms with van der Waals surface area (Å²) in [5, 5.41) is 13.3. The van der Waals surface area contributed by atoms with Crippen molar-refractivity contribution in [2.45, 2.75) is 18.9 Å². The lowest BCUT2D eigenvalue weighted by Crippen LogP contribution is -2.40. The standard InChI is InChI=1S/C22H26N2O5/c1-27-19-9-7-18(8-10-19)21(17-5-3-2-4-6-17)23-29-16-15-28-20-11-13-24(14-12-20)22(25)26/h2-10,20H,11-16H2,1H3,(H,25,26)/b23-21+. The van der Waals surface area contributed by atoms with Crippen molar-refractivity contribution in [2.75, 3.05) is 33.4 Å². The van der Waals surface area contributed by atoms with Crippen molar-refractivity contribution in [1.82, 2.24) is 4.90 Å². The maximum atomic E-state index is 10.9. The van der Waals surface area contributed by atoms with E-state index in [1.807, 2.05) is 54.6 Å². The summed E-state index contributed by atoms with van der Waals surface area (Å²) in [4.78, 5) is 17.9. The van der Waals surface area contributed by atoms with E-state index in [-0.39, 0.29) is 6.10 Å². The topological polar surface area (TPSA) is 80.6 Å². The molecular formula is C22H26N2O5. The molecule has 2 aromatic carbocycles. The van der Waals surface area contributed by atoms with E-state index in [0.29, 0.717) is 39.1 Å². The van der Waals surface area contributed by atoms with Crippen LogP contribution in [0.4, 0.5) is 4.79 Å². The summed E-state index contributed by atoms with van der Waals surface area (Å²) < 4.78 is 11.0. The fraction of sp³-hybridized carbons (Fsp3) is 0.364. The highest BCUT2D eigenvalue weighted by molar-refractivity contribution is 6.12. The number of benzene rings is 2. The quantitative estimate of drug-likeness (QED) is 0.417. The number of carbonyl (C=O) groups is 1. The molecule has 0 saturated carbocycles. The van der Waals surface area contributed by atoms with Crippen LogP contribution in [0.15, 0.2) is 59.8 Å². The lowest BCUT2D eigenvalue weighted by atomic mass is 10.0. The third-order valence-corrected chi connectivity index (χ3v) is 4.81. The zero-order chi connectivity index (χ0) is 20.5. The van der Waals surface area contributed by atoms with Crippen LogP contribution >= 0.6 is 0 Å². The third-order valence-electron chi connectivity index (χ3n) is 4.81. The Bertz CT molecular complexity index is 800. The molecule has 0 spiro atoms. The summed E-state index contributed by atoms with van der Waals surface area (Å²) in [5.74, 6) is 0.782. The monoisotopic (exact) mass is 398 g/mol. The zero-order valence-corrected chi connectivity index (χ0v) is 16.5. The number of oxime groups is 1. The first-order chi connectivity index (χ1) is 14.2. The van der Waals surface area contributed by atoms with Crippen LogP contribution in [0, 0.1) is 0 Å². The van der Waals surface area contributed by atoms with Crippen molar-refractivity contribution in [3.63, 3.8) is 0 Å². The number of nitrogens with zero attached hydrogens (tertiary/aromatic N) is 2. The highest BCUT2D eigenvalue weighted by Crippen LogP contribution is 2.17. The molecule has 0 radical (unpaired) electrons. The molecule has 1 aliphatic heterocycles. The van der Waals surface area contributed by atoms with Gasteiger partial charge in [0.1, 0.15) is 18.1 Å². The van der Waals surface area contributed by atoms with E-state index in [0.717, 1.165) is 22.6 Å². The smallest absolute Gasteiger partial charge is 0.407 e. The van der Waals surface area contributed by atoms with E-state index in [9.17, 15) is 4.79 Å². The molecule has 7 heteroatoms. The molecule has 2 aromatic rings. The van der Waals surface area contributed by atoms with Gasteiger partial charge >= 0.3 is 6.09 Å². The molecule has 1 N–H and O–H groups in total. The van der Waals surface area contributed by atoms with Crippen LogP contribution in [0.2, 0.25) is 0 Å². The molecule has 29 heavy (non-hydrogen) atoms. The molecule has 0 aliphatic carbocycles. The van der Waals surface area contributed by atoms with Gasteiger partial charge in [0.25, 0.3) is 0 Å². The molecular weight excluding hydrogens is 372 g/mol. The molecule has 1 fully saturated rings. The second-order valence-corrected chi connectivity index (χ2v) is 6.71. The van der Waals surface area contributed by atoms with Crippen LogP contribution in [0.1, 0.15) is 24.0 Å². The fourth-order valence-corrected chi connectivity index (χ4v) is 3.19. The molecule has 0 bridgehead atoms. The van der Waals surface area contributed by atoms with Crippen LogP contribution in [0.25, 0.3) is 0 Å². The molecule has 0 aromatic heterocycles. The Morgan fingerprint density at radius 2 is 1.69 bits per heavy atom. The number of amides is 1. The maximum Gasteiger partial charge on any atom is 0.407 e. The average molecular weight is 398 g/mol. The number of piperidine rings is 1. The van der Waals surface area contributed by atoms with Gasteiger partial charge in [-0.3, -0.25) is 0 Å². The number of methoxy groups -OCH3 is 1. The number of carboxylic acid groups (broad SMARTS) is 1. The zero-order valence-electron chi connectivity index (χ0n) is 16.5. The van der Waals surface area contributed by atoms with E-state index in [2.05, 4.69) is 5.16 Å². The lowest BCUT2D eigenvalue weighted by Gasteiger charge is -2.29. The average Bonchev–Trinajstić information content (AvgIpc) is 2.77. The highest BCUT2D eigenvalue weighted by atomic mass is 16.6. The van der Waals surface area contributed by atoms with Crippen molar-refractivity contribution in [2.24, 2.45) is 5.16 Å². The summed E-state index contributed by atoms with van der Waals surface area (Å²) in [6.07, 6.45) is 0.606. The van der Waals surface area contributed by atoms with Crippen LogP contribution in [-0.4, -0.2) is 61.3 Å². The molecule has 7 nitrogen and oxygen atoms in total. The molecule has 1 heterocycles. The molecule has 3 rings (SSSR count). The van der Waals surface area contributed by atoms with E-state index < -0.39 is 6.09 Å². The van der Waals surface area contributed by atoms with Gasteiger partial charge in [0.2, 0.25) is 0 Å². The largest absolute Gasteiger partial charge is 0.497 e. The number of hydrogen-bond acceptors (Lipinski definition) is 5. The fourth-order valence-electron chi connectivity index (χ4n) is 3.19.